The van der Waals surface area contributed by atoms with Crippen molar-refractivity contribution in [3.63, 3.8) is 0 Å². The molecule has 0 heterocycles. The number of hydrogen-bond donors (Lipinski definition) is 2. The van der Waals surface area contributed by atoms with E-state index < -0.39 is 5.54 Å². The van der Waals surface area contributed by atoms with Gasteiger partial charge in [-0.2, -0.15) is 0 Å². The molecule has 1 aliphatic carbocycles. The maximum absolute atomic E-state index is 11.7. The monoisotopic (exact) mass is 342 g/mol. The van der Waals surface area contributed by atoms with Gasteiger partial charge in [-0.05, 0) is 50.1 Å². The van der Waals surface area contributed by atoms with Gasteiger partial charge >= 0.3 is 0 Å². The molecule has 0 bridgehead atoms. The van der Waals surface area contributed by atoms with Crippen LogP contribution in [0.25, 0.3) is 0 Å². The largest absolute Gasteiger partial charge is 0.368 e. The first-order valence-corrected chi connectivity index (χ1v) is 8.20. The Morgan fingerprint density at radius 2 is 2.21 bits per heavy atom. The molecule has 2 rings (SSSR count). The van der Waals surface area contributed by atoms with Gasteiger partial charge in [0, 0.05) is 14.6 Å². The minimum atomic E-state index is -0.498. The van der Waals surface area contributed by atoms with Crippen LogP contribution in [-0.2, 0) is 4.79 Å². The zero-order valence-electron chi connectivity index (χ0n) is 11.0. The number of benzene rings is 1. The van der Waals surface area contributed by atoms with Gasteiger partial charge in [0.2, 0.25) is 5.91 Å². The number of amides is 1. The average Bonchev–Trinajstić information content (AvgIpc) is 2.77. The molecule has 2 unspecified atom stereocenters. The second-order valence-corrected chi connectivity index (χ2v) is 7.20. The molecule has 0 aliphatic heterocycles. The second-order valence-electron chi connectivity index (χ2n) is 4.91. The Hall–Kier alpha value is -0.520. The van der Waals surface area contributed by atoms with Crippen LogP contribution in [0.5, 0.6) is 0 Å². The number of rotatable bonds is 5. The van der Waals surface area contributed by atoms with Crippen molar-refractivity contribution < 1.29 is 4.79 Å². The molecule has 0 saturated heterocycles. The van der Waals surface area contributed by atoms with Crippen LogP contribution in [-0.4, -0.2) is 23.2 Å². The van der Waals surface area contributed by atoms with Crippen LogP contribution in [0.2, 0.25) is 0 Å². The molecule has 19 heavy (non-hydrogen) atoms. The maximum Gasteiger partial charge on any atom is 0.237 e. The Kier molecular flexibility index (Phi) is 4.92. The van der Waals surface area contributed by atoms with Crippen molar-refractivity contribution in [2.75, 3.05) is 6.54 Å². The first kappa shape index (κ1) is 14.9. The van der Waals surface area contributed by atoms with Crippen LogP contribution in [0.15, 0.2) is 33.6 Å². The summed E-state index contributed by atoms with van der Waals surface area (Å²) >= 11 is 5.27. The van der Waals surface area contributed by atoms with Crippen LogP contribution in [0.1, 0.15) is 26.2 Å². The molecule has 1 aliphatic rings. The minimum Gasteiger partial charge on any atom is -0.368 e. The quantitative estimate of drug-likeness (QED) is 0.864. The molecule has 3 nitrogen and oxygen atoms in total. The topological polar surface area (TPSA) is 55.1 Å². The van der Waals surface area contributed by atoms with Gasteiger partial charge in [-0.3, -0.25) is 4.79 Å². The van der Waals surface area contributed by atoms with Crippen molar-refractivity contribution in [3.8, 4) is 0 Å². The molecule has 1 fully saturated rings. The van der Waals surface area contributed by atoms with Gasteiger partial charge in [0.15, 0.2) is 0 Å². The zero-order chi connectivity index (χ0) is 13.9. The Labute approximate surface area is 126 Å². The number of hydrogen-bond acceptors (Lipinski definition) is 3. The zero-order valence-corrected chi connectivity index (χ0v) is 13.4. The highest BCUT2D eigenvalue weighted by atomic mass is 79.9. The summed E-state index contributed by atoms with van der Waals surface area (Å²) in [6, 6.07) is 8.30. The van der Waals surface area contributed by atoms with Crippen LogP contribution in [0.4, 0.5) is 0 Å². The fourth-order valence-corrected chi connectivity index (χ4v) is 4.16. The Bertz CT molecular complexity index is 451. The van der Waals surface area contributed by atoms with Gasteiger partial charge in [-0.25, -0.2) is 0 Å². The van der Waals surface area contributed by atoms with E-state index in [0.29, 0.717) is 5.25 Å². The van der Waals surface area contributed by atoms with E-state index in [1.807, 2.05) is 30.8 Å². The Morgan fingerprint density at radius 3 is 2.79 bits per heavy atom. The summed E-state index contributed by atoms with van der Waals surface area (Å²) in [4.78, 5) is 12.9. The number of halogens is 1. The summed E-state index contributed by atoms with van der Waals surface area (Å²) < 4.78 is 1.09. The van der Waals surface area contributed by atoms with E-state index in [0.717, 1.165) is 30.3 Å². The molecule has 104 valence electrons. The van der Waals surface area contributed by atoms with E-state index in [2.05, 4.69) is 33.4 Å². The molecule has 0 aromatic heterocycles. The number of nitrogens with two attached hydrogens (primary N) is 1. The number of carbonyl (C=O) groups is 1. The van der Waals surface area contributed by atoms with Gasteiger partial charge < -0.3 is 11.1 Å². The fourth-order valence-electron chi connectivity index (χ4n) is 2.62. The molecule has 2 atom stereocenters. The first-order chi connectivity index (χ1) is 9.05. The molecule has 1 amide bonds. The molecule has 3 N–H and O–H groups in total. The normalized spacial score (nSPS) is 26.5. The standard InChI is InChI=1S/C14H19BrN2OS/c1-2-17-14(13(16)18)8-7-12(9-14)19-11-5-3-10(15)4-6-11/h3-6,12,17H,2,7-9H2,1H3,(H2,16,18). The highest BCUT2D eigenvalue weighted by molar-refractivity contribution is 9.10. The number of carbonyl (C=O) groups excluding carboxylic acids is 1. The SMILES string of the molecule is CCNC1(C(N)=O)CCC(Sc2ccc(Br)cc2)C1. The average molecular weight is 343 g/mol. The summed E-state index contributed by atoms with van der Waals surface area (Å²) in [6.45, 7) is 2.79. The third kappa shape index (κ3) is 3.52. The lowest BCUT2D eigenvalue weighted by molar-refractivity contribution is -0.124. The Morgan fingerprint density at radius 1 is 1.53 bits per heavy atom. The van der Waals surface area contributed by atoms with Crippen LogP contribution in [0.3, 0.4) is 0 Å². The van der Waals surface area contributed by atoms with Crippen LogP contribution < -0.4 is 11.1 Å². The van der Waals surface area contributed by atoms with Crippen molar-refractivity contribution >= 4 is 33.6 Å². The van der Waals surface area contributed by atoms with Gasteiger partial charge in [0.05, 0.1) is 5.54 Å². The lowest BCUT2D eigenvalue weighted by Gasteiger charge is -2.26. The van der Waals surface area contributed by atoms with E-state index in [-0.39, 0.29) is 5.91 Å². The van der Waals surface area contributed by atoms with Crippen molar-refractivity contribution in [2.45, 2.75) is 41.9 Å². The second kappa shape index (κ2) is 6.29. The van der Waals surface area contributed by atoms with Gasteiger partial charge in [0.25, 0.3) is 0 Å². The summed E-state index contributed by atoms with van der Waals surface area (Å²) in [7, 11) is 0. The lowest BCUT2D eigenvalue weighted by Crippen LogP contribution is -2.53. The van der Waals surface area contributed by atoms with E-state index >= 15 is 0 Å². The van der Waals surface area contributed by atoms with Gasteiger partial charge in [-0.1, -0.05) is 22.9 Å². The molecular weight excluding hydrogens is 324 g/mol. The van der Waals surface area contributed by atoms with E-state index in [4.69, 9.17) is 5.73 Å². The van der Waals surface area contributed by atoms with Crippen molar-refractivity contribution in [1.82, 2.24) is 5.32 Å². The van der Waals surface area contributed by atoms with E-state index in [9.17, 15) is 4.79 Å². The minimum absolute atomic E-state index is 0.215. The highest BCUT2D eigenvalue weighted by Crippen LogP contribution is 2.40. The lowest BCUT2D eigenvalue weighted by atomic mass is 9.97. The summed E-state index contributed by atoms with van der Waals surface area (Å²) in [5.74, 6) is -0.215. The van der Waals surface area contributed by atoms with Crippen LogP contribution >= 0.6 is 27.7 Å². The predicted molar refractivity (Wildman–Crippen MR) is 83.2 cm³/mol. The Balaban J connectivity index is 2.01. The first-order valence-electron chi connectivity index (χ1n) is 6.53. The number of likely N-dealkylation sites (N-methyl/N-ethyl adjacent to an activating group) is 1. The third-order valence-corrected chi connectivity index (χ3v) is 5.38. The number of thioether (sulfide) groups is 1. The molecule has 0 radical (unpaired) electrons. The fraction of sp³-hybridized carbons (Fsp3) is 0.500. The molecular formula is C14H19BrN2OS. The van der Waals surface area contributed by atoms with Crippen molar-refractivity contribution in [2.24, 2.45) is 5.73 Å². The summed E-state index contributed by atoms with van der Waals surface area (Å²) in [5.41, 5.74) is 5.08. The molecule has 0 spiro atoms. The van der Waals surface area contributed by atoms with Crippen molar-refractivity contribution in [1.29, 1.82) is 0 Å². The van der Waals surface area contributed by atoms with Crippen LogP contribution in [0, 0.1) is 0 Å². The van der Waals surface area contributed by atoms with Gasteiger partial charge in [-0.15, -0.1) is 11.8 Å². The van der Waals surface area contributed by atoms with Crippen molar-refractivity contribution in [3.05, 3.63) is 28.7 Å². The predicted octanol–water partition coefficient (Wildman–Crippen LogP) is 2.93. The maximum atomic E-state index is 11.7. The number of nitrogens with one attached hydrogen (secondary N) is 1. The highest BCUT2D eigenvalue weighted by Gasteiger charge is 2.43. The molecule has 1 saturated carbocycles. The van der Waals surface area contributed by atoms with E-state index in [1.165, 1.54) is 4.90 Å². The summed E-state index contributed by atoms with van der Waals surface area (Å²) in [5, 5.41) is 3.74. The summed E-state index contributed by atoms with van der Waals surface area (Å²) in [6.07, 6.45) is 2.68. The third-order valence-electron chi connectivity index (χ3n) is 3.57. The smallest absolute Gasteiger partial charge is 0.237 e. The number of primary amides is 1. The molecule has 5 heteroatoms. The van der Waals surface area contributed by atoms with E-state index in [1.54, 1.807) is 0 Å². The molecule has 1 aromatic rings. The van der Waals surface area contributed by atoms with Gasteiger partial charge in [0.1, 0.15) is 0 Å². The molecule has 1 aromatic carbocycles.